The lowest BCUT2D eigenvalue weighted by Crippen LogP contribution is -2.35. The number of nitrogens with zero attached hydrogens (tertiary/aromatic N) is 1. The third-order valence-corrected chi connectivity index (χ3v) is 4.25. The number of carbonyl (C=O) groups is 1. The van der Waals surface area contributed by atoms with Crippen LogP contribution in [-0.2, 0) is 4.79 Å². The van der Waals surface area contributed by atoms with Gasteiger partial charge >= 0.3 is 0 Å². The molecule has 2 atom stereocenters. The molecule has 2 aliphatic rings. The van der Waals surface area contributed by atoms with Crippen LogP contribution in [0.15, 0.2) is 30.3 Å². The minimum Gasteiger partial charge on any atom is -0.326 e. The Kier molecular flexibility index (Phi) is 3.56. The zero-order valence-electron chi connectivity index (χ0n) is 11.5. The molecule has 0 bridgehead atoms. The Bertz CT molecular complexity index is 441. The van der Waals surface area contributed by atoms with E-state index >= 15 is 0 Å². The molecule has 1 aromatic carbocycles. The molecule has 0 aromatic heterocycles. The van der Waals surface area contributed by atoms with Gasteiger partial charge in [0.1, 0.15) is 6.04 Å². The number of carbonyl (C=O) groups excluding carboxylic acids is 1. The number of rotatable bonds is 5. The number of hydrogen-bond donors (Lipinski definition) is 1. The normalized spacial score (nSPS) is 27.0. The summed E-state index contributed by atoms with van der Waals surface area (Å²) in [6, 6.07) is 9.86. The Labute approximate surface area is 115 Å². The highest BCUT2D eigenvalue weighted by Crippen LogP contribution is 2.34. The summed E-state index contributed by atoms with van der Waals surface area (Å²) in [5, 5.41) is 3.40. The van der Waals surface area contributed by atoms with Crippen molar-refractivity contribution in [3.05, 3.63) is 35.9 Å². The Balaban J connectivity index is 1.61. The van der Waals surface area contributed by atoms with Crippen LogP contribution >= 0.6 is 0 Å². The van der Waals surface area contributed by atoms with E-state index in [2.05, 4.69) is 12.2 Å². The molecule has 3 heteroatoms. The van der Waals surface area contributed by atoms with E-state index in [4.69, 9.17) is 0 Å². The van der Waals surface area contributed by atoms with Crippen LogP contribution in [-0.4, -0.2) is 23.5 Å². The molecule has 1 aromatic rings. The van der Waals surface area contributed by atoms with Crippen LogP contribution < -0.4 is 5.32 Å². The number of benzene rings is 1. The molecule has 0 radical (unpaired) electrons. The van der Waals surface area contributed by atoms with E-state index in [1.54, 1.807) is 0 Å². The maximum absolute atomic E-state index is 12.5. The number of nitrogens with one attached hydrogen (secondary N) is 1. The second kappa shape index (κ2) is 5.33. The predicted molar refractivity (Wildman–Crippen MR) is 75.5 cm³/mol. The molecule has 1 amide bonds. The smallest absolute Gasteiger partial charge is 0.245 e. The summed E-state index contributed by atoms with van der Waals surface area (Å²) < 4.78 is 0. The SMILES string of the molecule is CC1NC(c2ccccc2)C(=O)N1CCCC1CC1. The van der Waals surface area contributed by atoms with Gasteiger partial charge in [-0.25, -0.2) is 0 Å². The zero-order valence-corrected chi connectivity index (χ0v) is 11.5. The first-order chi connectivity index (χ1) is 9.25. The first-order valence-electron chi connectivity index (χ1n) is 7.37. The average molecular weight is 258 g/mol. The molecule has 1 saturated carbocycles. The van der Waals surface area contributed by atoms with Crippen molar-refractivity contribution in [2.45, 2.75) is 44.8 Å². The zero-order chi connectivity index (χ0) is 13.2. The second-order valence-corrected chi connectivity index (χ2v) is 5.80. The molecule has 1 aliphatic carbocycles. The van der Waals surface area contributed by atoms with Crippen molar-refractivity contribution in [2.24, 2.45) is 5.92 Å². The van der Waals surface area contributed by atoms with Crippen LogP contribution in [0.1, 0.15) is 44.2 Å². The lowest BCUT2D eigenvalue weighted by molar-refractivity contribution is -0.130. The third-order valence-electron chi connectivity index (χ3n) is 4.25. The van der Waals surface area contributed by atoms with Gasteiger partial charge in [-0.2, -0.15) is 0 Å². The standard InChI is InChI=1S/C16H22N2O/c1-12-17-15(14-7-3-2-4-8-14)16(19)18(12)11-5-6-13-9-10-13/h2-4,7-8,12-13,15,17H,5-6,9-11H2,1H3. The van der Waals surface area contributed by atoms with Gasteiger partial charge in [-0.15, -0.1) is 0 Å². The lowest BCUT2D eigenvalue weighted by atomic mass is 10.1. The Morgan fingerprint density at radius 1 is 1.26 bits per heavy atom. The largest absolute Gasteiger partial charge is 0.326 e. The van der Waals surface area contributed by atoms with E-state index < -0.39 is 0 Å². The molecular formula is C16H22N2O. The third kappa shape index (κ3) is 2.81. The van der Waals surface area contributed by atoms with E-state index in [0.717, 1.165) is 24.4 Å². The molecule has 19 heavy (non-hydrogen) atoms. The van der Waals surface area contributed by atoms with Crippen molar-refractivity contribution in [3.63, 3.8) is 0 Å². The van der Waals surface area contributed by atoms with Gasteiger partial charge in [-0.05, 0) is 31.2 Å². The monoisotopic (exact) mass is 258 g/mol. The van der Waals surface area contributed by atoms with Gasteiger partial charge in [0, 0.05) is 6.54 Å². The van der Waals surface area contributed by atoms with E-state index in [-0.39, 0.29) is 18.1 Å². The van der Waals surface area contributed by atoms with Crippen molar-refractivity contribution in [1.29, 1.82) is 0 Å². The van der Waals surface area contributed by atoms with E-state index in [1.165, 1.54) is 19.3 Å². The van der Waals surface area contributed by atoms with Crippen molar-refractivity contribution < 1.29 is 4.79 Å². The van der Waals surface area contributed by atoms with Crippen molar-refractivity contribution in [2.75, 3.05) is 6.54 Å². The lowest BCUT2D eigenvalue weighted by Gasteiger charge is -2.20. The maximum Gasteiger partial charge on any atom is 0.245 e. The van der Waals surface area contributed by atoms with Crippen molar-refractivity contribution in [3.8, 4) is 0 Å². The fourth-order valence-electron chi connectivity index (χ4n) is 2.90. The summed E-state index contributed by atoms with van der Waals surface area (Å²) in [6.45, 7) is 2.98. The highest BCUT2D eigenvalue weighted by atomic mass is 16.2. The van der Waals surface area contributed by atoms with E-state index in [0.29, 0.717) is 0 Å². The Morgan fingerprint density at radius 3 is 2.68 bits per heavy atom. The summed E-state index contributed by atoms with van der Waals surface area (Å²) in [6.07, 6.45) is 5.37. The molecule has 3 rings (SSSR count). The molecule has 1 heterocycles. The van der Waals surface area contributed by atoms with Gasteiger partial charge in [-0.1, -0.05) is 43.2 Å². The van der Waals surface area contributed by atoms with Crippen LogP contribution in [0.25, 0.3) is 0 Å². The molecule has 1 aliphatic heterocycles. The van der Waals surface area contributed by atoms with Crippen LogP contribution in [0.3, 0.4) is 0 Å². The van der Waals surface area contributed by atoms with E-state index in [9.17, 15) is 4.79 Å². The average Bonchev–Trinajstić information content (AvgIpc) is 3.20. The maximum atomic E-state index is 12.5. The fourth-order valence-corrected chi connectivity index (χ4v) is 2.90. The van der Waals surface area contributed by atoms with Gasteiger partial charge in [0.2, 0.25) is 5.91 Å². The molecule has 2 unspecified atom stereocenters. The van der Waals surface area contributed by atoms with Gasteiger partial charge in [0.15, 0.2) is 0 Å². The minimum atomic E-state index is -0.155. The Hall–Kier alpha value is -1.35. The second-order valence-electron chi connectivity index (χ2n) is 5.80. The topological polar surface area (TPSA) is 32.3 Å². The molecule has 3 nitrogen and oxygen atoms in total. The molecule has 2 fully saturated rings. The summed E-state index contributed by atoms with van der Waals surface area (Å²) in [5.41, 5.74) is 1.07. The first kappa shape index (κ1) is 12.7. The van der Waals surface area contributed by atoms with Gasteiger partial charge in [-0.3, -0.25) is 10.1 Å². The van der Waals surface area contributed by atoms with Crippen LogP contribution in [0.5, 0.6) is 0 Å². The van der Waals surface area contributed by atoms with Gasteiger partial charge in [0.05, 0.1) is 6.17 Å². The van der Waals surface area contributed by atoms with Crippen molar-refractivity contribution in [1.82, 2.24) is 10.2 Å². The number of amides is 1. The molecule has 1 N–H and O–H groups in total. The Morgan fingerprint density at radius 2 is 2.00 bits per heavy atom. The van der Waals surface area contributed by atoms with Crippen LogP contribution in [0.2, 0.25) is 0 Å². The summed E-state index contributed by atoms with van der Waals surface area (Å²) >= 11 is 0. The predicted octanol–water partition coefficient (Wildman–Crippen LogP) is 2.70. The number of hydrogen-bond acceptors (Lipinski definition) is 2. The minimum absolute atomic E-state index is 0.150. The quantitative estimate of drug-likeness (QED) is 0.880. The highest BCUT2D eigenvalue weighted by molar-refractivity contribution is 5.85. The van der Waals surface area contributed by atoms with Crippen molar-refractivity contribution >= 4 is 5.91 Å². The molecule has 0 spiro atoms. The summed E-state index contributed by atoms with van der Waals surface area (Å²) in [7, 11) is 0. The highest BCUT2D eigenvalue weighted by Gasteiger charge is 2.36. The first-order valence-corrected chi connectivity index (χ1v) is 7.37. The van der Waals surface area contributed by atoms with Gasteiger partial charge in [0.25, 0.3) is 0 Å². The fraction of sp³-hybridized carbons (Fsp3) is 0.562. The summed E-state index contributed by atoms with van der Waals surface area (Å²) in [4.78, 5) is 14.5. The molecule has 1 saturated heterocycles. The van der Waals surface area contributed by atoms with E-state index in [1.807, 2.05) is 35.2 Å². The van der Waals surface area contributed by atoms with Crippen LogP contribution in [0.4, 0.5) is 0 Å². The van der Waals surface area contributed by atoms with Gasteiger partial charge < -0.3 is 4.90 Å². The molecule has 102 valence electrons. The van der Waals surface area contributed by atoms with Crippen LogP contribution in [0, 0.1) is 5.92 Å². The molecular weight excluding hydrogens is 236 g/mol. The summed E-state index contributed by atoms with van der Waals surface area (Å²) in [5.74, 6) is 1.18.